The Hall–Kier alpha value is -1.30. The van der Waals surface area contributed by atoms with E-state index >= 15 is 0 Å². The Labute approximate surface area is 91.5 Å². The molecule has 2 rings (SSSR count). The van der Waals surface area contributed by atoms with Gasteiger partial charge in [-0.15, -0.1) is 0 Å². The summed E-state index contributed by atoms with van der Waals surface area (Å²) in [6.45, 7) is 0. The van der Waals surface area contributed by atoms with Crippen molar-refractivity contribution in [2.45, 2.75) is 11.3 Å². The standard InChI is InChI=1S/C10H7F3O2S/c1-16(14)9-8(10(11,12)13)6-4-2-3-5-7(6)15-9/h2-5H,1H3. The van der Waals surface area contributed by atoms with Crippen LogP contribution in [0.4, 0.5) is 13.2 Å². The SMILES string of the molecule is CS(=O)c1oc2ccccc2c1C(F)(F)F. The molecule has 1 atom stereocenters. The van der Waals surface area contributed by atoms with Gasteiger partial charge in [0.05, 0.1) is 10.8 Å². The van der Waals surface area contributed by atoms with Crippen molar-refractivity contribution >= 4 is 21.8 Å². The third-order valence-electron chi connectivity index (χ3n) is 2.11. The van der Waals surface area contributed by atoms with E-state index in [2.05, 4.69) is 0 Å². The normalized spacial score (nSPS) is 14.2. The molecular weight excluding hydrogens is 241 g/mol. The molecule has 6 heteroatoms. The van der Waals surface area contributed by atoms with Crippen molar-refractivity contribution in [3.63, 3.8) is 0 Å². The molecule has 0 amide bonds. The highest BCUT2D eigenvalue weighted by molar-refractivity contribution is 7.84. The Bertz CT molecular complexity index is 557. The maximum absolute atomic E-state index is 12.8. The fourth-order valence-corrected chi connectivity index (χ4v) is 2.21. The van der Waals surface area contributed by atoms with E-state index in [1.54, 1.807) is 6.07 Å². The number of rotatable bonds is 1. The van der Waals surface area contributed by atoms with Crippen LogP contribution >= 0.6 is 0 Å². The van der Waals surface area contributed by atoms with Gasteiger partial charge in [0.1, 0.15) is 11.1 Å². The highest BCUT2D eigenvalue weighted by Crippen LogP contribution is 2.40. The molecule has 0 bridgehead atoms. The van der Waals surface area contributed by atoms with E-state index in [-0.39, 0.29) is 11.0 Å². The van der Waals surface area contributed by atoms with Gasteiger partial charge in [0.2, 0.25) is 5.09 Å². The third kappa shape index (κ3) is 1.73. The molecule has 2 aromatic rings. The van der Waals surface area contributed by atoms with Crippen molar-refractivity contribution in [1.82, 2.24) is 0 Å². The second-order valence-electron chi connectivity index (χ2n) is 3.21. The fraction of sp³-hybridized carbons (Fsp3) is 0.200. The highest BCUT2D eigenvalue weighted by atomic mass is 32.2. The first-order chi connectivity index (χ1) is 7.41. The molecule has 0 N–H and O–H groups in total. The summed E-state index contributed by atoms with van der Waals surface area (Å²) in [4.78, 5) is 0. The largest absolute Gasteiger partial charge is 0.447 e. The molecule has 1 heterocycles. The van der Waals surface area contributed by atoms with Crippen LogP contribution in [0.3, 0.4) is 0 Å². The highest BCUT2D eigenvalue weighted by Gasteiger charge is 2.39. The number of fused-ring (bicyclic) bond motifs is 1. The lowest BCUT2D eigenvalue weighted by Gasteiger charge is -2.05. The van der Waals surface area contributed by atoms with Crippen molar-refractivity contribution in [3.8, 4) is 0 Å². The lowest BCUT2D eigenvalue weighted by Crippen LogP contribution is -2.07. The van der Waals surface area contributed by atoms with Crippen LogP contribution in [0.15, 0.2) is 33.8 Å². The molecule has 0 radical (unpaired) electrons. The predicted octanol–water partition coefficient (Wildman–Crippen LogP) is 3.19. The van der Waals surface area contributed by atoms with Gasteiger partial charge in [0, 0.05) is 11.6 Å². The van der Waals surface area contributed by atoms with E-state index in [0.29, 0.717) is 0 Å². The molecule has 0 saturated carbocycles. The third-order valence-corrected chi connectivity index (χ3v) is 2.92. The summed E-state index contributed by atoms with van der Waals surface area (Å²) in [5.74, 6) is 0. The second kappa shape index (κ2) is 3.62. The minimum Gasteiger partial charge on any atom is -0.447 e. The average Bonchev–Trinajstić information content (AvgIpc) is 2.55. The zero-order chi connectivity index (χ0) is 11.9. The van der Waals surface area contributed by atoms with Crippen molar-refractivity contribution in [1.29, 1.82) is 0 Å². The number of halogens is 3. The van der Waals surface area contributed by atoms with Crippen LogP contribution < -0.4 is 0 Å². The summed E-state index contributed by atoms with van der Waals surface area (Å²) < 4.78 is 54.5. The quantitative estimate of drug-likeness (QED) is 0.775. The first-order valence-corrected chi connectivity index (χ1v) is 5.89. The molecule has 0 saturated heterocycles. The van der Waals surface area contributed by atoms with E-state index < -0.39 is 27.6 Å². The predicted molar refractivity (Wildman–Crippen MR) is 53.5 cm³/mol. The van der Waals surface area contributed by atoms with E-state index in [0.717, 1.165) is 6.26 Å². The maximum Gasteiger partial charge on any atom is 0.421 e. The Balaban J connectivity index is 2.85. The van der Waals surface area contributed by atoms with Gasteiger partial charge in [0.25, 0.3) is 0 Å². The molecule has 0 spiro atoms. The van der Waals surface area contributed by atoms with Crippen molar-refractivity contribution < 1.29 is 21.8 Å². The van der Waals surface area contributed by atoms with Gasteiger partial charge in [0.15, 0.2) is 0 Å². The van der Waals surface area contributed by atoms with Gasteiger partial charge in [-0.25, -0.2) is 0 Å². The van der Waals surface area contributed by atoms with Crippen LogP contribution in [0.1, 0.15) is 5.56 Å². The second-order valence-corrected chi connectivity index (χ2v) is 4.49. The topological polar surface area (TPSA) is 30.2 Å². The zero-order valence-corrected chi connectivity index (χ0v) is 8.98. The van der Waals surface area contributed by atoms with Crippen LogP contribution in [0.25, 0.3) is 11.0 Å². The van der Waals surface area contributed by atoms with Crippen LogP contribution in [-0.2, 0) is 17.0 Å². The Kier molecular flexibility index (Phi) is 2.53. The number of benzene rings is 1. The number of para-hydroxylation sites is 1. The zero-order valence-electron chi connectivity index (χ0n) is 8.17. The van der Waals surface area contributed by atoms with Gasteiger partial charge in [-0.1, -0.05) is 18.2 Å². The van der Waals surface area contributed by atoms with E-state index in [9.17, 15) is 17.4 Å². The summed E-state index contributed by atoms with van der Waals surface area (Å²) in [7, 11) is -1.81. The first-order valence-electron chi connectivity index (χ1n) is 4.33. The molecule has 1 aromatic carbocycles. The molecule has 0 aliphatic heterocycles. The molecule has 0 aliphatic carbocycles. The maximum atomic E-state index is 12.8. The smallest absolute Gasteiger partial charge is 0.421 e. The van der Waals surface area contributed by atoms with E-state index in [1.807, 2.05) is 0 Å². The molecular formula is C10H7F3O2S. The minimum atomic E-state index is -4.56. The molecule has 1 aromatic heterocycles. The van der Waals surface area contributed by atoms with Gasteiger partial charge >= 0.3 is 6.18 Å². The van der Waals surface area contributed by atoms with Gasteiger partial charge < -0.3 is 4.42 Å². The summed E-state index contributed by atoms with van der Waals surface area (Å²) in [6.07, 6.45) is -3.40. The number of alkyl halides is 3. The van der Waals surface area contributed by atoms with Crippen molar-refractivity contribution in [3.05, 3.63) is 29.8 Å². The summed E-state index contributed by atoms with van der Waals surface area (Å²) in [5.41, 5.74) is -0.844. The van der Waals surface area contributed by atoms with Crippen LogP contribution in [0, 0.1) is 0 Å². The van der Waals surface area contributed by atoms with E-state index in [1.165, 1.54) is 18.2 Å². The summed E-state index contributed by atoms with van der Waals surface area (Å²) in [6, 6.07) is 5.77. The number of hydrogen-bond donors (Lipinski definition) is 0. The van der Waals surface area contributed by atoms with Crippen molar-refractivity contribution in [2.75, 3.05) is 6.26 Å². The molecule has 0 fully saturated rings. The fourth-order valence-electron chi connectivity index (χ4n) is 1.49. The van der Waals surface area contributed by atoms with E-state index in [4.69, 9.17) is 4.42 Å². The lowest BCUT2D eigenvalue weighted by molar-refractivity contribution is -0.139. The molecule has 0 aliphatic rings. The molecule has 86 valence electrons. The lowest BCUT2D eigenvalue weighted by atomic mass is 10.2. The van der Waals surface area contributed by atoms with Gasteiger partial charge in [-0.2, -0.15) is 13.2 Å². The molecule has 16 heavy (non-hydrogen) atoms. The molecule has 2 nitrogen and oxygen atoms in total. The van der Waals surface area contributed by atoms with Gasteiger partial charge in [-0.05, 0) is 6.07 Å². The summed E-state index contributed by atoms with van der Waals surface area (Å²) >= 11 is 0. The number of furan rings is 1. The Morgan fingerprint density at radius 1 is 1.25 bits per heavy atom. The van der Waals surface area contributed by atoms with Gasteiger partial charge in [-0.3, -0.25) is 4.21 Å². The monoisotopic (exact) mass is 248 g/mol. The average molecular weight is 248 g/mol. The van der Waals surface area contributed by atoms with Crippen LogP contribution in [-0.4, -0.2) is 10.5 Å². The Morgan fingerprint density at radius 2 is 1.88 bits per heavy atom. The Morgan fingerprint density at radius 3 is 2.44 bits per heavy atom. The van der Waals surface area contributed by atoms with Crippen molar-refractivity contribution in [2.24, 2.45) is 0 Å². The summed E-state index contributed by atoms with van der Waals surface area (Å²) in [5, 5.41) is -0.575. The van der Waals surface area contributed by atoms with Crippen LogP contribution in [0.5, 0.6) is 0 Å². The number of hydrogen-bond acceptors (Lipinski definition) is 2. The first kappa shape index (κ1) is 11.2. The molecule has 1 unspecified atom stereocenters. The van der Waals surface area contributed by atoms with Crippen LogP contribution in [0.2, 0.25) is 0 Å². The minimum absolute atomic E-state index is 0.0554.